The van der Waals surface area contributed by atoms with Crippen molar-refractivity contribution < 1.29 is 9.53 Å². The molecule has 1 saturated carbocycles. The fraction of sp³-hybridized carbons (Fsp3) is 0.364. The smallest absolute Gasteiger partial charge is 0.253 e. The first kappa shape index (κ1) is 19.1. The molecular formula is C22H25N5O2. The number of amides is 1. The van der Waals surface area contributed by atoms with E-state index in [1.54, 1.807) is 13.2 Å². The van der Waals surface area contributed by atoms with Crippen molar-refractivity contribution >= 4 is 5.91 Å². The summed E-state index contributed by atoms with van der Waals surface area (Å²) in [4.78, 5) is 13.1. The molecule has 4 rings (SSSR count). The molecule has 1 N–H and O–H groups in total. The van der Waals surface area contributed by atoms with Gasteiger partial charge in [0.25, 0.3) is 5.91 Å². The topological polar surface area (TPSA) is 81.9 Å². The van der Waals surface area contributed by atoms with E-state index in [2.05, 4.69) is 33.0 Å². The molecule has 0 saturated heterocycles. The zero-order valence-electron chi connectivity index (χ0n) is 16.5. The van der Waals surface area contributed by atoms with Gasteiger partial charge in [-0.3, -0.25) is 4.79 Å². The number of nitrogens with one attached hydrogen (secondary N) is 1. The highest BCUT2D eigenvalue weighted by molar-refractivity contribution is 5.97. The molecule has 1 aromatic heterocycles. The Labute approximate surface area is 170 Å². The number of hydrogen-bond acceptors (Lipinski definition) is 5. The van der Waals surface area contributed by atoms with Crippen molar-refractivity contribution in [1.29, 1.82) is 0 Å². The summed E-state index contributed by atoms with van der Waals surface area (Å²) in [6.07, 6.45) is 7.20. The Bertz CT molecular complexity index is 948. The van der Waals surface area contributed by atoms with Crippen LogP contribution in [-0.2, 0) is 5.41 Å². The number of tetrazole rings is 1. The highest BCUT2D eigenvalue weighted by Crippen LogP contribution is 2.39. The largest absolute Gasteiger partial charge is 0.497 e. The second kappa shape index (κ2) is 8.43. The van der Waals surface area contributed by atoms with Gasteiger partial charge in [-0.25, -0.2) is 0 Å². The summed E-state index contributed by atoms with van der Waals surface area (Å²) in [6, 6.07) is 15.6. The molecule has 0 atom stereocenters. The lowest BCUT2D eigenvalue weighted by Crippen LogP contribution is -2.42. The number of carbonyl (C=O) groups is 1. The van der Waals surface area contributed by atoms with Gasteiger partial charge in [-0.2, -0.15) is 4.68 Å². The molecule has 7 nitrogen and oxygen atoms in total. The molecule has 0 radical (unpaired) electrons. The van der Waals surface area contributed by atoms with Crippen LogP contribution in [0.25, 0.3) is 5.69 Å². The fourth-order valence-electron chi connectivity index (χ4n) is 4.22. The lowest BCUT2D eigenvalue weighted by molar-refractivity contribution is 0.0936. The number of para-hydroxylation sites is 1. The van der Waals surface area contributed by atoms with Crippen LogP contribution in [0.1, 0.15) is 48.0 Å². The van der Waals surface area contributed by atoms with Crippen LogP contribution in [0.2, 0.25) is 0 Å². The zero-order chi connectivity index (χ0) is 20.1. The SMILES string of the molecule is COc1ccc(C2(CNC(=O)c3ccccc3-n3cnnn3)CCCCC2)cc1. The van der Waals surface area contributed by atoms with Gasteiger partial charge >= 0.3 is 0 Å². The molecule has 7 heteroatoms. The van der Waals surface area contributed by atoms with Crippen LogP contribution in [-0.4, -0.2) is 39.8 Å². The summed E-state index contributed by atoms with van der Waals surface area (Å²) in [5.74, 6) is 0.730. The molecule has 1 fully saturated rings. The van der Waals surface area contributed by atoms with Gasteiger partial charge in [0, 0.05) is 12.0 Å². The molecule has 1 amide bonds. The van der Waals surface area contributed by atoms with Gasteiger partial charge in [-0.1, -0.05) is 43.5 Å². The Kier molecular flexibility index (Phi) is 5.55. The number of benzene rings is 2. The van der Waals surface area contributed by atoms with E-state index in [1.807, 2.05) is 30.3 Å². The number of methoxy groups -OCH3 is 1. The first-order valence-electron chi connectivity index (χ1n) is 9.97. The van der Waals surface area contributed by atoms with Crippen LogP contribution in [0.15, 0.2) is 54.9 Å². The Morgan fingerprint density at radius 2 is 1.86 bits per heavy atom. The summed E-state index contributed by atoms with van der Waals surface area (Å²) >= 11 is 0. The average Bonchev–Trinajstić information content (AvgIpc) is 3.33. The fourth-order valence-corrected chi connectivity index (χ4v) is 4.22. The third-order valence-corrected chi connectivity index (χ3v) is 5.84. The molecular weight excluding hydrogens is 366 g/mol. The molecule has 0 spiro atoms. The quantitative estimate of drug-likeness (QED) is 0.697. The van der Waals surface area contributed by atoms with Crippen molar-refractivity contribution in [1.82, 2.24) is 25.5 Å². The number of ether oxygens (including phenoxy) is 1. The Morgan fingerprint density at radius 3 is 2.55 bits per heavy atom. The van der Waals surface area contributed by atoms with Crippen LogP contribution in [0.4, 0.5) is 0 Å². The van der Waals surface area contributed by atoms with Crippen molar-refractivity contribution in [2.75, 3.05) is 13.7 Å². The monoisotopic (exact) mass is 391 g/mol. The molecule has 0 bridgehead atoms. The average molecular weight is 391 g/mol. The van der Waals surface area contributed by atoms with Crippen molar-refractivity contribution in [2.45, 2.75) is 37.5 Å². The molecule has 150 valence electrons. The first-order chi connectivity index (χ1) is 14.2. The van der Waals surface area contributed by atoms with E-state index in [-0.39, 0.29) is 11.3 Å². The number of rotatable bonds is 6. The third kappa shape index (κ3) is 3.99. The highest BCUT2D eigenvalue weighted by Gasteiger charge is 2.34. The predicted molar refractivity (Wildman–Crippen MR) is 109 cm³/mol. The van der Waals surface area contributed by atoms with Gasteiger partial charge in [0.2, 0.25) is 0 Å². The molecule has 0 aliphatic heterocycles. The Balaban J connectivity index is 1.56. The molecule has 2 aromatic carbocycles. The lowest BCUT2D eigenvalue weighted by Gasteiger charge is -2.38. The molecule has 1 aliphatic rings. The van der Waals surface area contributed by atoms with Gasteiger partial charge in [0.1, 0.15) is 12.1 Å². The van der Waals surface area contributed by atoms with Gasteiger partial charge in [0.15, 0.2) is 0 Å². The number of carbonyl (C=O) groups excluding carboxylic acids is 1. The van der Waals surface area contributed by atoms with Gasteiger partial charge in [-0.05, 0) is 53.1 Å². The second-order valence-electron chi connectivity index (χ2n) is 7.52. The molecule has 3 aromatic rings. The number of aromatic nitrogens is 4. The molecule has 29 heavy (non-hydrogen) atoms. The Hall–Kier alpha value is -3.22. The highest BCUT2D eigenvalue weighted by atomic mass is 16.5. The van der Waals surface area contributed by atoms with Crippen LogP contribution >= 0.6 is 0 Å². The van der Waals surface area contributed by atoms with E-state index in [0.29, 0.717) is 17.8 Å². The molecule has 1 heterocycles. The van der Waals surface area contributed by atoms with E-state index >= 15 is 0 Å². The maximum Gasteiger partial charge on any atom is 0.253 e. The zero-order valence-corrected chi connectivity index (χ0v) is 16.5. The van der Waals surface area contributed by atoms with Crippen molar-refractivity contribution in [3.05, 3.63) is 66.0 Å². The minimum absolute atomic E-state index is 0.0517. The van der Waals surface area contributed by atoms with Gasteiger partial charge < -0.3 is 10.1 Å². The first-order valence-corrected chi connectivity index (χ1v) is 9.97. The van der Waals surface area contributed by atoms with Crippen LogP contribution in [0.5, 0.6) is 5.75 Å². The minimum Gasteiger partial charge on any atom is -0.497 e. The summed E-state index contributed by atoms with van der Waals surface area (Å²) in [7, 11) is 1.67. The summed E-state index contributed by atoms with van der Waals surface area (Å²) in [5, 5.41) is 14.5. The summed E-state index contributed by atoms with van der Waals surface area (Å²) < 4.78 is 6.81. The van der Waals surface area contributed by atoms with Crippen molar-refractivity contribution in [3.8, 4) is 11.4 Å². The van der Waals surface area contributed by atoms with E-state index in [4.69, 9.17) is 4.74 Å². The van der Waals surface area contributed by atoms with E-state index in [0.717, 1.165) is 18.6 Å². The Morgan fingerprint density at radius 1 is 1.10 bits per heavy atom. The van der Waals surface area contributed by atoms with Gasteiger partial charge in [-0.15, -0.1) is 5.10 Å². The normalized spacial score (nSPS) is 15.6. The maximum atomic E-state index is 13.1. The van der Waals surface area contributed by atoms with Crippen molar-refractivity contribution in [3.63, 3.8) is 0 Å². The van der Waals surface area contributed by atoms with Crippen LogP contribution in [0.3, 0.4) is 0 Å². The van der Waals surface area contributed by atoms with Crippen LogP contribution in [0, 0.1) is 0 Å². The van der Waals surface area contributed by atoms with Crippen molar-refractivity contribution in [2.24, 2.45) is 0 Å². The second-order valence-corrected chi connectivity index (χ2v) is 7.52. The third-order valence-electron chi connectivity index (χ3n) is 5.84. The predicted octanol–water partition coefficient (Wildman–Crippen LogP) is 3.30. The standard InChI is InChI=1S/C22H25N5O2/c1-29-18-11-9-17(10-12-18)22(13-5-2-6-14-22)15-23-21(28)19-7-3-4-8-20(19)27-16-24-25-26-27/h3-4,7-12,16H,2,5-6,13-15H2,1H3,(H,23,28). The summed E-state index contributed by atoms with van der Waals surface area (Å²) in [6.45, 7) is 0.599. The van der Waals surface area contributed by atoms with E-state index in [9.17, 15) is 4.79 Å². The number of hydrogen-bond donors (Lipinski definition) is 1. The number of nitrogens with zero attached hydrogens (tertiary/aromatic N) is 4. The van der Waals surface area contributed by atoms with E-state index in [1.165, 1.54) is 35.8 Å². The molecule has 1 aliphatic carbocycles. The van der Waals surface area contributed by atoms with Crippen LogP contribution < -0.4 is 10.1 Å². The van der Waals surface area contributed by atoms with E-state index < -0.39 is 0 Å². The summed E-state index contributed by atoms with van der Waals surface area (Å²) in [5.41, 5.74) is 2.42. The lowest BCUT2D eigenvalue weighted by atomic mass is 9.69. The molecule has 0 unspecified atom stereocenters. The minimum atomic E-state index is -0.116. The van der Waals surface area contributed by atoms with Gasteiger partial charge in [0.05, 0.1) is 18.4 Å². The maximum absolute atomic E-state index is 13.1.